The second-order valence-corrected chi connectivity index (χ2v) is 26.7. The highest BCUT2D eigenvalue weighted by Gasteiger charge is 2.47. The van der Waals surface area contributed by atoms with Crippen LogP contribution in [0.3, 0.4) is 0 Å². The molecule has 0 aromatic carbocycles. The molecule has 12 atom stereocenters. The van der Waals surface area contributed by atoms with E-state index in [1.807, 2.05) is 61.5 Å². The molecule has 11 amide bonds. The maximum absolute atomic E-state index is 15.2. The van der Waals surface area contributed by atoms with Crippen molar-refractivity contribution in [1.29, 1.82) is 0 Å². The number of fused-ring (bicyclic) bond motifs is 1. The molecule has 2 aliphatic rings. The van der Waals surface area contributed by atoms with Crippen molar-refractivity contribution in [2.75, 3.05) is 69.2 Å². The predicted molar refractivity (Wildman–Crippen MR) is 332 cm³/mol. The van der Waals surface area contributed by atoms with E-state index in [1.165, 1.54) is 85.7 Å². The van der Waals surface area contributed by atoms with Gasteiger partial charge >= 0.3 is 0 Å². The van der Waals surface area contributed by atoms with Crippen LogP contribution in [-0.4, -0.2) is 245 Å². The van der Waals surface area contributed by atoms with Gasteiger partial charge < -0.3 is 65.0 Å². The quantitative estimate of drug-likeness (QED) is 0.172. The molecule has 4 N–H and O–H groups in total. The molecule has 2 fully saturated rings. The highest BCUT2D eigenvalue weighted by Crippen LogP contribution is 2.27. The second-order valence-electron chi connectivity index (χ2n) is 26.7. The number of allylic oxidation sites excluding steroid dienone is 2. The van der Waals surface area contributed by atoms with Gasteiger partial charge in [0.25, 0.3) is 0 Å². The molecule has 0 aromatic rings. The molecule has 0 aliphatic carbocycles. The van der Waals surface area contributed by atoms with E-state index >= 15 is 14.4 Å². The molecule has 2 rings (SSSR count). The Morgan fingerprint density at radius 2 is 0.966 bits per heavy atom. The average Bonchev–Trinajstić information content (AvgIpc) is 3.87. The van der Waals surface area contributed by atoms with Crippen molar-refractivity contribution >= 4 is 65.0 Å². The first-order valence-corrected chi connectivity index (χ1v) is 31.2. The molecule has 0 radical (unpaired) electrons. The van der Waals surface area contributed by atoms with E-state index in [2.05, 4.69) is 16.0 Å². The lowest BCUT2D eigenvalue weighted by Gasteiger charge is -2.41. The SMILES string of the molecule is C/C=C/C[C@@H](C)[C@@H](O)[C@H]1C(=O)N[C@@H](CC)C(=O)N(C)CC(=O)N(C)[C@@H](CC(C)C)C(=O)N[C@@H](C(C)C)C(=O)N(C)[C@@H](CC(C)C)C(=O)N[C@@H](C)C(=O)N2COC[C@@H]2C(=O)N(C)[C@@H](CC(C)C)C(=O)N(C)[C@@H](CC(C)C)C(=O)N(C)[C@@H](C(C)C)C(=O)N1C. The van der Waals surface area contributed by atoms with Crippen LogP contribution < -0.4 is 16.0 Å². The number of hydrogen-bond donors (Lipinski definition) is 4. The fraction of sp³-hybridized carbons (Fsp3) is 0.794. The molecule has 0 unspecified atom stereocenters. The molecule has 0 spiro atoms. The van der Waals surface area contributed by atoms with Crippen LogP contribution in [0.25, 0.3) is 0 Å². The number of ether oxygens (including phenoxy) is 1. The Balaban J connectivity index is 3.01. The van der Waals surface area contributed by atoms with Gasteiger partial charge in [-0.15, -0.1) is 0 Å². The van der Waals surface area contributed by atoms with E-state index in [0.29, 0.717) is 6.42 Å². The minimum atomic E-state index is -1.62. The first-order valence-electron chi connectivity index (χ1n) is 31.2. The summed E-state index contributed by atoms with van der Waals surface area (Å²) >= 11 is 0. The summed E-state index contributed by atoms with van der Waals surface area (Å²) in [6.45, 7) is 27.4. The van der Waals surface area contributed by atoms with Gasteiger partial charge in [-0.05, 0) is 93.8 Å². The standard InChI is InChI=1S/C63H111N11O13/c1-24-26-27-41(15)53(76)52-56(79)65-43(25-2)58(81)67(17)32-49(75)68(18)44(28-35(3)4)55(78)66-50(39(11)12)62(85)69(19)45(29-36(5)6)54(77)64-42(16)57(80)74-34-87-33-48(74)61(84)71(21)46(30-37(7)8)59(82)70(20)47(31-38(9)10)60(83)72(22)51(40(13)14)63(86)73(52)23/h24,26,35-48,50-53,76H,25,27-34H2,1-23H3,(H,64,77)(H,65,79)(H,66,78)/b26-24+/t41-,42+,43+,44+,45+,46+,47+,48-,50+,51+,52+,53-/m1/s1. The Kier molecular flexibility index (Phi) is 30.5. The fourth-order valence-corrected chi connectivity index (χ4v) is 11.3. The summed E-state index contributed by atoms with van der Waals surface area (Å²) in [4.78, 5) is 171. The number of likely N-dealkylation sites (N-methyl/N-ethyl adjacent to an activating group) is 7. The lowest BCUT2D eigenvalue weighted by Crippen LogP contribution is -2.63. The molecule has 2 aliphatic heterocycles. The molecule has 87 heavy (non-hydrogen) atoms. The van der Waals surface area contributed by atoms with Crippen LogP contribution in [0.1, 0.15) is 149 Å². The molecular formula is C63H111N11O13. The number of hydrogen-bond acceptors (Lipinski definition) is 13. The monoisotopic (exact) mass is 1230 g/mol. The number of rotatable bonds is 15. The van der Waals surface area contributed by atoms with Crippen LogP contribution in [0.5, 0.6) is 0 Å². The lowest BCUT2D eigenvalue weighted by atomic mass is 9.91. The highest BCUT2D eigenvalue weighted by atomic mass is 16.5. The molecule has 0 saturated carbocycles. The van der Waals surface area contributed by atoms with Crippen LogP contribution in [0, 0.1) is 41.4 Å². The molecule has 2 heterocycles. The average molecular weight is 1230 g/mol. The molecule has 0 aromatic heterocycles. The van der Waals surface area contributed by atoms with Gasteiger partial charge in [0.1, 0.15) is 67.1 Å². The summed E-state index contributed by atoms with van der Waals surface area (Å²) in [5, 5.41) is 20.5. The fourth-order valence-electron chi connectivity index (χ4n) is 11.3. The zero-order valence-corrected chi connectivity index (χ0v) is 56.8. The Bertz CT molecular complexity index is 2420. The van der Waals surface area contributed by atoms with Gasteiger partial charge in [-0.1, -0.05) is 109 Å². The Morgan fingerprint density at radius 1 is 0.517 bits per heavy atom. The lowest BCUT2D eigenvalue weighted by molar-refractivity contribution is -0.158. The second kappa shape index (κ2) is 34.5. The third kappa shape index (κ3) is 20.4. The molecule has 496 valence electrons. The van der Waals surface area contributed by atoms with Crippen molar-refractivity contribution in [2.45, 2.75) is 216 Å². The van der Waals surface area contributed by atoms with Crippen LogP contribution in [-0.2, 0) is 57.5 Å². The Labute approximate surface area is 519 Å². The van der Waals surface area contributed by atoms with E-state index in [9.17, 15) is 43.5 Å². The third-order valence-electron chi connectivity index (χ3n) is 16.8. The molecule has 0 bridgehead atoms. The minimum absolute atomic E-state index is 0.0204. The number of aliphatic hydroxyl groups excluding tert-OH is 1. The summed E-state index contributed by atoms with van der Waals surface area (Å²) in [6.07, 6.45) is 3.00. The number of nitrogens with one attached hydrogen (secondary N) is 3. The predicted octanol–water partition coefficient (Wildman–Crippen LogP) is 2.95. The smallest absolute Gasteiger partial charge is 0.248 e. The summed E-state index contributed by atoms with van der Waals surface area (Å²) in [6, 6.07) is -12.4. The zero-order valence-electron chi connectivity index (χ0n) is 56.8. The van der Waals surface area contributed by atoms with Gasteiger partial charge in [-0.2, -0.15) is 0 Å². The maximum atomic E-state index is 15.2. The van der Waals surface area contributed by atoms with Gasteiger partial charge in [0, 0.05) is 49.3 Å². The Hall–Kier alpha value is -6.17. The normalized spacial score (nSPS) is 27.3. The first-order chi connectivity index (χ1) is 40.3. The van der Waals surface area contributed by atoms with Crippen molar-refractivity contribution in [2.24, 2.45) is 41.4 Å². The van der Waals surface area contributed by atoms with E-state index < -0.39 is 156 Å². The minimum Gasteiger partial charge on any atom is -0.390 e. The van der Waals surface area contributed by atoms with Crippen molar-refractivity contribution in [3.63, 3.8) is 0 Å². The zero-order chi connectivity index (χ0) is 67.0. The van der Waals surface area contributed by atoms with Gasteiger partial charge in [0.15, 0.2) is 0 Å². The highest BCUT2D eigenvalue weighted by molar-refractivity contribution is 5.99. The summed E-state index contributed by atoms with van der Waals surface area (Å²) in [5.74, 6) is -9.73. The van der Waals surface area contributed by atoms with Crippen LogP contribution in [0.2, 0.25) is 0 Å². The number of aliphatic hydroxyl groups is 1. The van der Waals surface area contributed by atoms with Crippen LogP contribution in [0.4, 0.5) is 0 Å². The van der Waals surface area contributed by atoms with Crippen molar-refractivity contribution in [3.8, 4) is 0 Å². The number of amides is 11. The topological polar surface area (TPSA) is 279 Å². The van der Waals surface area contributed by atoms with E-state index in [-0.39, 0.29) is 69.1 Å². The number of nitrogens with zero attached hydrogens (tertiary/aromatic N) is 8. The van der Waals surface area contributed by atoms with Gasteiger partial charge in [0.2, 0.25) is 65.0 Å². The molecule has 24 heteroatoms. The van der Waals surface area contributed by atoms with Crippen molar-refractivity contribution in [1.82, 2.24) is 55.1 Å². The first kappa shape index (κ1) is 76.9. The number of carbonyl (C=O) groups is 11. The van der Waals surface area contributed by atoms with Crippen LogP contribution in [0.15, 0.2) is 12.2 Å². The molecule has 24 nitrogen and oxygen atoms in total. The van der Waals surface area contributed by atoms with Gasteiger partial charge in [-0.3, -0.25) is 52.7 Å². The summed E-state index contributed by atoms with van der Waals surface area (Å²) < 4.78 is 5.73. The summed E-state index contributed by atoms with van der Waals surface area (Å²) in [7, 11) is 9.94. The number of carbonyl (C=O) groups excluding carboxylic acids is 11. The Morgan fingerprint density at radius 3 is 1.44 bits per heavy atom. The maximum Gasteiger partial charge on any atom is 0.248 e. The van der Waals surface area contributed by atoms with Crippen molar-refractivity contribution in [3.05, 3.63) is 12.2 Å². The summed E-state index contributed by atoms with van der Waals surface area (Å²) in [5.41, 5.74) is 0. The largest absolute Gasteiger partial charge is 0.390 e. The van der Waals surface area contributed by atoms with Crippen LogP contribution >= 0.6 is 0 Å². The van der Waals surface area contributed by atoms with Gasteiger partial charge in [0.05, 0.1) is 19.3 Å². The van der Waals surface area contributed by atoms with Gasteiger partial charge in [-0.25, -0.2) is 0 Å². The van der Waals surface area contributed by atoms with E-state index in [4.69, 9.17) is 4.74 Å². The van der Waals surface area contributed by atoms with E-state index in [0.717, 1.165) is 9.80 Å². The third-order valence-corrected chi connectivity index (χ3v) is 16.8. The van der Waals surface area contributed by atoms with E-state index in [1.54, 1.807) is 54.5 Å². The molecular weight excluding hydrogens is 1120 g/mol. The van der Waals surface area contributed by atoms with Crippen molar-refractivity contribution < 1.29 is 62.6 Å². The molecule has 2 saturated heterocycles.